The van der Waals surface area contributed by atoms with E-state index in [2.05, 4.69) is 5.32 Å². The summed E-state index contributed by atoms with van der Waals surface area (Å²) in [5.74, 6) is -0.625. The quantitative estimate of drug-likeness (QED) is 0.717. The maximum Gasteiger partial charge on any atom is 0.332 e. The summed E-state index contributed by atoms with van der Waals surface area (Å²) in [6, 6.07) is 15.5. The zero-order valence-electron chi connectivity index (χ0n) is 14.5. The predicted molar refractivity (Wildman–Crippen MR) is 103 cm³/mol. The van der Waals surface area contributed by atoms with Gasteiger partial charge in [0.1, 0.15) is 5.54 Å². The largest absolute Gasteiger partial charge is 0.464 e. The summed E-state index contributed by atoms with van der Waals surface area (Å²) >= 11 is 1.64. The van der Waals surface area contributed by atoms with Crippen LogP contribution in [-0.4, -0.2) is 24.0 Å². The van der Waals surface area contributed by atoms with Crippen LogP contribution in [0.15, 0.2) is 53.9 Å². The Labute approximate surface area is 155 Å². The molecule has 132 valence electrons. The molecule has 0 saturated heterocycles. The van der Waals surface area contributed by atoms with Crippen molar-refractivity contribution >= 4 is 33.3 Å². The number of thiophene rings is 1. The third-order valence-electron chi connectivity index (χ3n) is 4.84. The van der Waals surface area contributed by atoms with Gasteiger partial charge < -0.3 is 10.1 Å². The average molecular weight is 365 g/mol. The van der Waals surface area contributed by atoms with Gasteiger partial charge in [-0.2, -0.15) is 0 Å². The monoisotopic (exact) mass is 365 g/mol. The number of ether oxygens (including phenoxy) is 1. The molecule has 1 N–H and O–H groups in total. The van der Waals surface area contributed by atoms with Crippen molar-refractivity contribution in [3.05, 3.63) is 70.6 Å². The van der Waals surface area contributed by atoms with E-state index in [9.17, 15) is 9.59 Å². The zero-order chi connectivity index (χ0) is 18.1. The summed E-state index contributed by atoms with van der Waals surface area (Å²) in [6.07, 6.45) is 0.906. The Kier molecular flexibility index (Phi) is 4.24. The fourth-order valence-electron chi connectivity index (χ4n) is 3.57. The number of amides is 1. The topological polar surface area (TPSA) is 55.4 Å². The minimum absolute atomic E-state index is 0.251. The molecule has 0 unspecified atom stereocenters. The number of carbonyl (C=O) groups is 2. The Balaban J connectivity index is 1.65. The van der Waals surface area contributed by atoms with E-state index in [1.807, 2.05) is 47.8 Å². The fourth-order valence-corrected chi connectivity index (χ4v) is 4.34. The van der Waals surface area contributed by atoms with Crippen LogP contribution in [-0.2, 0) is 22.4 Å². The smallest absolute Gasteiger partial charge is 0.332 e. The third kappa shape index (κ3) is 2.88. The van der Waals surface area contributed by atoms with Crippen LogP contribution in [0, 0.1) is 0 Å². The van der Waals surface area contributed by atoms with Crippen LogP contribution in [0.3, 0.4) is 0 Å². The van der Waals surface area contributed by atoms with Crippen LogP contribution in [0.4, 0.5) is 0 Å². The van der Waals surface area contributed by atoms with E-state index in [1.165, 1.54) is 0 Å². The molecule has 1 amide bonds. The Bertz CT molecular complexity index is 967. The molecule has 1 aliphatic carbocycles. The fraction of sp³-hybridized carbons (Fsp3) is 0.238. The molecule has 0 bridgehead atoms. The van der Waals surface area contributed by atoms with Gasteiger partial charge in [-0.25, -0.2) is 4.79 Å². The standard InChI is InChI=1S/C21H19NO3S/c1-2-25-20(24)21(12-16-5-3-4-6-17(16)13-21)22-19(23)15-7-8-18-14(11-15)9-10-26-18/h3-11H,2,12-13H2,1H3,(H,22,23). The van der Waals surface area contributed by atoms with Gasteiger partial charge in [-0.1, -0.05) is 24.3 Å². The number of rotatable bonds is 4. The molecule has 2 aromatic carbocycles. The van der Waals surface area contributed by atoms with Gasteiger partial charge in [0, 0.05) is 23.1 Å². The first kappa shape index (κ1) is 16.8. The van der Waals surface area contributed by atoms with E-state index in [1.54, 1.807) is 24.3 Å². The van der Waals surface area contributed by atoms with Crippen LogP contribution in [0.25, 0.3) is 10.1 Å². The second-order valence-electron chi connectivity index (χ2n) is 6.55. The first-order valence-corrected chi connectivity index (χ1v) is 9.53. The Hall–Kier alpha value is -2.66. The van der Waals surface area contributed by atoms with E-state index in [0.717, 1.165) is 21.2 Å². The van der Waals surface area contributed by atoms with Crippen LogP contribution in [0.1, 0.15) is 28.4 Å². The minimum Gasteiger partial charge on any atom is -0.464 e. The Morgan fingerprint density at radius 1 is 1.12 bits per heavy atom. The first-order chi connectivity index (χ1) is 12.6. The molecule has 26 heavy (non-hydrogen) atoms. The summed E-state index contributed by atoms with van der Waals surface area (Å²) in [6.45, 7) is 2.06. The van der Waals surface area contributed by atoms with E-state index >= 15 is 0 Å². The molecule has 0 aliphatic heterocycles. The molecule has 0 spiro atoms. The van der Waals surface area contributed by atoms with E-state index in [0.29, 0.717) is 18.4 Å². The van der Waals surface area contributed by atoms with Gasteiger partial charge >= 0.3 is 5.97 Å². The molecule has 3 aromatic rings. The molecule has 4 rings (SSSR count). The highest BCUT2D eigenvalue weighted by Gasteiger charge is 2.46. The summed E-state index contributed by atoms with van der Waals surface area (Å²) in [4.78, 5) is 25.7. The van der Waals surface area contributed by atoms with Crippen molar-refractivity contribution < 1.29 is 14.3 Å². The van der Waals surface area contributed by atoms with E-state index in [4.69, 9.17) is 4.74 Å². The second-order valence-corrected chi connectivity index (χ2v) is 7.50. The van der Waals surface area contributed by atoms with Crippen LogP contribution < -0.4 is 5.32 Å². The summed E-state index contributed by atoms with van der Waals surface area (Å²) < 4.78 is 6.44. The SMILES string of the molecule is CCOC(=O)C1(NC(=O)c2ccc3sccc3c2)Cc2ccccc2C1. The lowest BCUT2D eigenvalue weighted by Gasteiger charge is -2.28. The van der Waals surface area contributed by atoms with Crippen molar-refractivity contribution in [2.24, 2.45) is 0 Å². The number of nitrogens with one attached hydrogen (secondary N) is 1. The van der Waals surface area contributed by atoms with Crippen molar-refractivity contribution in [3.63, 3.8) is 0 Å². The molecule has 4 nitrogen and oxygen atoms in total. The Morgan fingerprint density at radius 2 is 1.85 bits per heavy atom. The van der Waals surface area contributed by atoms with Gasteiger partial charge in [0.05, 0.1) is 6.61 Å². The van der Waals surface area contributed by atoms with Gasteiger partial charge in [0.25, 0.3) is 5.91 Å². The number of esters is 1. The van der Waals surface area contributed by atoms with Gasteiger partial charge in [-0.15, -0.1) is 11.3 Å². The molecular formula is C21H19NO3S. The summed E-state index contributed by atoms with van der Waals surface area (Å²) in [5, 5.41) is 6.02. The highest BCUT2D eigenvalue weighted by atomic mass is 32.1. The van der Waals surface area contributed by atoms with Crippen LogP contribution in [0.2, 0.25) is 0 Å². The maximum atomic E-state index is 12.9. The number of hydrogen-bond donors (Lipinski definition) is 1. The molecule has 1 heterocycles. The van der Waals surface area contributed by atoms with Crippen molar-refractivity contribution in [1.29, 1.82) is 0 Å². The number of hydrogen-bond acceptors (Lipinski definition) is 4. The van der Waals surface area contributed by atoms with Crippen molar-refractivity contribution in [2.75, 3.05) is 6.61 Å². The normalized spacial score (nSPS) is 14.8. The second kappa shape index (κ2) is 6.57. The van der Waals surface area contributed by atoms with Gasteiger partial charge in [0.15, 0.2) is 0 Å². The first-order valence-electron chi connectivity index (χ1n) is 8.65. The van der Waals surface area contributed by atoms with Gasteiger partial charge in [0.2, 0.25) is 0 Å². The molecule has 1 aliphatic rings. The van der Waals surface area contributed by atoms with Crippen molar-refractivity contribution in [1.82, 2.24) is 5.32 Å². The molecule has 0 saturated carbocycles. The zero-order valence-corrected chi connectivity index (χ0v) is 15.3. The van der Waals surface area contributed by atoms with E-state index < -0.39 is 5.54 Å². The average Bonchev–Trinajstić information content (AvgIpc) is 3.25. The molecule has 0 radical (unpaired) electrons. The molecule has 1 aromatic heterocycles. The number of fused-ring (bicyclic) bond motifs is 2. The lowest BCUT2D eigenvalue weighted by atomic mass is 9.95. The molecule has 0 fully saturated rings. The molecule has 0 atom stereocenters. The Morgan fingerprint density at radius 3 is 2.54 bits per heavy atom. The number of carbonyl (C=O) groups excluding carboxylic acids is 2. The van der Waals surface area contributed by atoms with Gasteiger partial charge in [-0.3, -0.25) is 4.79 Å². The molecule has 5 heteroatoms. The van der Waals surface area contributed by atoms with Crippen molar-refractivity contribution in [3.8, 4) is 0 Å². The van der Waals surface area contributed by atoms with E-state index in [-0.39, 0.29) is 18.5 Å². The minimum atomic E-state index is -1.04. The lowest BCUT2D eigenvalue weighted by Crippen LogP contribution is -2.56. The van der Waals surface area contributed by atoms with Crippen molar-refractivity contribution in [2.45, 2.75) is 25.3 Å². The highest BCUT2D eigenvalue weighted by Crippen LogP contribution is 2.32. The molecular weight excluding hydrogens is 346 g/mol. The predicted octanol–water partition coefficient (Wildman–Crippen LogP) is 3.73. The maximum absolute atomic E-state index is 12.9. The summed E-state index contributed by atoms with van der Waals surface area (Å²) in [5.41, 5.74) is 1.67. The van der Waals surface area contributed by atoms with Crippen LogP contribution in [0.5, 0.6) is 0 Å². The van der Waals surface area contributed by atoms with Crippen LogP contribution >= 0.6 is 11.3 Å². The summed E-state index contributed by atoms with van der Waals surface area (Å²) in [7, 11) is 0. The lowest BCUT2D eigenvalue weighted by molar-refractivity contribution is -0.150. The highest BCUT2D eigenvalue weighted by molar-refractivity contribution is 7.17. The number of benzene rings is 2. The van der Waals surface area contributed by atoms with Gasteiger partial charge in [-0.05, 0) is 53.1 Å². The third-order valence-corrected chi connectivity index (χ3v) is 5.73.